The number of hydrogen-bond acceptors (Lipinski definition) is 5. The van der Waals surface area contributed by atoms with E-state index >= 15 is 0 Å². The van der Waals surface area contributed by atoms with Gasteiger partial charge in [-0.2, -0.15) is 4.31 Å². The third kappa shape index (κ3) is 4.05. The first kappa shape index (κ1) is 23.4. The number of amides is 3. The van der Waals surface area contributed by atoms with Crippen molar-refractivity contribution in [3.8, 4) is 0 Å². The molecule has 0 radical (unpaired) electrons. The Morgan fingerprint density at radius 1 is 0.879 bits per heavy atom. The summed E-state index contributed by atoms with van der Waals surface area (Å²) in [7, 11) is -3.80. The molecule has 4 rings (SSSR count). The number of benzene rings is 2. The lowest BCUT2D eigenvalue weighted by Crippen LogP contribution is -2.58. The van der Waals surface area contributed by atoms with Gasteiger partial charge in [0.15, 0.2) is 0 Å². The van der Waals surface area contributed by atoms with Gasteiger partial charge in [0.1, 0.15) is 10.9 Å². The van der Waals surface area contributed by atoms with Crippen molar-refractivity contribution in [2.75, 3.05) is 26.2 Å². The lowest BCUT2D eigenvalue weighted by atomic mass is 10.0. The van der Waals surface area contributed by atoms with Crippen LogP contribution in [0.1, 0.15) is 34.6 Å². The monoisotopic (exact) mass is 489 g/mol. The number of rotatable bonds is 5. The predicted octanol–water partition coefficient (Wildman–Crippen LogP) is 2.49. The van der Waals surface area contributed by atoms with Crippen molar-refractivity contribution >= 4 is 39.3 Å². The summed E-state index contributed by atoms with van der Waals surface area (Å²) in [4.78, 5) is 41.9. The molecule has 174 valence electrons. The van der Waals surface area contributed by atoms with Crippen LogP contribution in [0.4, 0.5) is 0 Å². The highest BCUT2D eigenvalue weighted by molar-refractivity contribution is 7.89. The van der Waals surface area contributed by atoms with Gasteiger partial charge in [0.2, 0.25) is 15.9 Å². The molecule has 10 heteroatoms. The number of imide groups is 1. The molecule has 0 bridgehead atoms. The minimum atomic E-state index is -3.80. The fraction of sp³-hybridized carbons (Fsp3) is 0.348. The molecule has 0 saturated carbocycles. The molecule has 0 aliphatic carbocycles. The van der Waals surface area contributed by atoms with Gasteiger partial charge in [-0.1, -0.05) is 49.7 Å². The number of halogens is 1. The van der Waals surface area contributed by atoms with Crippen LogP contribution in [0.2, 0.25) is 5.02 Å². The Kier molecular flexibility index (Phi) is 6.30. The molecule has 1 atom stereocenters. The average molecular weight is 490 g/mol. The van der Waals surface area contributed by atoms with Crippen LogP contribution in [0, 0.1) is 5.92 Å². The molecular weight excluding hydrogens is 466 g/mol. The fourth-order valence-corrected chi connectivity index (χ4v) is 6.20. The predicted molar refractivity (Wildman–Crippen MR) is 122 cm³/mol. The summed E-state index contributed by atoms with van der Waals surface area (Å²) in [5.41, 5.74) is 0.577. The average Bonchev–Trinajstić information content (AvgIpc) is 3.04. The molecule has 3 amide bonds. The minimum absolute atomic E-state index is 0.0255. The SMILES string of the molecule is CC(C)C(C(=O)N1CCN(S(=O)(=O)c2ccccc2Cl)CC1)N1C(=O)c2ccccc2C1=O. The first-order valence-electron chi connectivity index (χ1n) is 10.6. The Morgan fingerprint density at radius 3 is 1.91 bits per heavy atom. The second-order valence-corrected chi connectivity index (χ2v) is 10.7. The Bertz CT molecular complexity index is 1190. The zero-order chi connectivity index (χ0) is 23.9. The summed E-state index contributed by atoms with van der Waals surface area (Å²) in [6, 6.07) is 11.8. The Morgan fingerprint density at radius 2 is 1.39 bits per heavy atom. The smallest absolute Gasteiger partial charge is 0.262 e. The highest BCUT2D eigenvalue weighted by Crippen LogP contribution is 2.29. The van der Waals surface area contributed by atoms with E-state index in [1.807, 2.05) is 0 Å². The molecule has 33 heavy (non-hydrogen) atoms. The van der Waals surface area contributed by atoms with Crippen molar-refractivity contribution in [2.24, 2.45) is 5.92 Å². The van der Waals surface area contributed by atoms with E-state index in [-0.39, 0.29) is 59.0 Å². The van der Waals surface area contributed by atoms with E-state index in [4.69, 9.17) is 11.6 Å². The standard InChI is InChI=1S/C23H24ClN3O5S/c1-15(2)20(27-21(28)16-7-3-4-8-17(16)22(27)29)23(30)25-11-13-26(14-12-25)33(31,32)19-10-6-5-9-18(19)24/h3-10,15,20H,11-14H2,1-2H3. The van der Waals surface area contributed by atoms with Crippen LogP contribution in [0.25, 0.3) is 0 Å². The van der Waals surface area contributed by atoms with Gasteiger partial charge >= 0.3 is 0 Å². The maximum atomic E-state index is 13.4. The number of fused-ring (bicyclic) bond motifs is 1. The van der Waals surface area contributed by atoms with E-state index in [0.29, 0.717) is 0 Å². The second-order valence-electron chi connectivity index (χ2n) is 8.37. The van der Waals surface area contributed by atoms with Crippen LogP contribution >= 0.6 is 11.6 Å². The first-order chi connectivity index (χ1) is 15.6. The fourth-order valence-electron chi connectivity index (χ4n) is 4.28. The van der Waals surface area contributed by atoms with Crippen LogP contribution in [-0.4, -0.2) is 72.5 Å². The molecule has 1 unspecified atom stereocenters. The number of piperazine rings is 1. The second kappa shape index (κ2) is 8.89. The molecule has 2 aromatic carbocycles. The molecule has 2 aromatic rings. The maximum Gasteiger partial charge on any atom is 0.262 e. The van der Waals surface area contributed by atoms with Gasteiger partial charge in [-0.05, 0) is 30.2 Å². The summed E-state index contributed by atoms with van der Waals surface area (Å²) >= 11 is 6.08. The van der Waals surface area contributed by atoms with Gasteiger partial charge in [0, 0.05) is 26.2 Å². The number of sulfonamides is 1. The zero-order valence-electron chi connectivity index (χ0n) is 18.3. The highest BCUT2D eigenvalue weighted by Gasteiger charge is 2.45. The third-order valence-corrected chi connectivity index (χ3v) is 8.39. The van der Waals surface area contributed by atoms with Gasteiger partial charge in [-0.3, -0.25) is 19.3 Å². The van der Waals surface area contributed by atoms with Crippen LogP contribution < -0.4 is 0 Å². The van der Waals surface area contributed by atoms with Crippen molar-refractivity contribution in [3.05, 3.63) is 64.7 Å². The topological polar surface area (TPSA) is 95.1 Å². The van der Waals surface area contributed by atoms with Crippen molar-refractivity contribution in [1.29, 1.82) is 0 Å². The maximum absolute atomic E-state index is 13.4. The summed E-state index contributed by atoms with van der Waals surface area (Å²) in [6.45, 7) is 4.04. The molecular formula is C23H24ClN3O5S. The Hall–Kier alpha value is -2.75. The summed E-state index contributed by atoms with van der Waals surface area (Å²) in [5, 5.41) is 0.140. The molecule has 8 nitrogen and oxygen atoms in total. The van der Waals surface area contributed by atoms with E-state index in [1.54, 1.807) is 50.2 Å². The quantitative estimate of drug-likeness (QED) is 0.601. The van der Waals surface area contributed by atoms with Crippen LogP contribution in [-0.2, 0) is 14.8 Å². The number of carbonyl (C=O) groups is 3. The van der Waals surface area contributed by atoms with E-state index in [1.165, 1.54) is 21.3 Å². The van der Waals surface area contributed by atoms with Crippen molar-refractivity contribution < 1.29 is 22.8 Å². The molecule has 1 fully saturated rings. The third-order valence-electron chi connectivity index (χ3n) is 5.99. The molecule has 2 aliphatic rings. The summed E-state index contributed by atoms with van der Waals surface area (Å²) < 4.78 is 27.3. The summed E-state index contributed by atoms with van der Waals surface area (Å²) in [5.74, 6) is -1.65. The van der Waals surface area contributed by atoms with Gasteiger partial charge in [-0.15, -0.1) is 0 Å². The number of nitrogens with zero attached hydrogens (tertiary/aromatic N) is 3. The van der Waals surface area contributed by atoms with Crippen molar-refractivity contribution in [1.82, 2.24) is 14.1 Å². The van der Waals surface area contributed by atoms with Gasteiger partial charge in [0.05, 0.1) is 16.1 Å². The van der Waals surface area contributed by atoms with Crippen LogP contribution in [0.15, 0.2) is 53.4 Å². The number of hydrogen-bond donors (Lipinski definition) is 0. The van der Waals surface area contributed by atoms with Crippen LogP contribution in [0.3, 0.4) is 0 Å². The van der Waals surface area contributed by atoms with E-state index in [0.717, 1.165) is 4.90 Å². The molecule has 1 saturated heterocycles. The van der Waals surface area contributed by atoms with E-state index in [2.05, 4.69) is 0 Å². The molecule has 0 aromatic heterocycles. The molecule has 2 aliphatic heterocycles. The minimum Gasteiger partial charge on any atom is -0.338 e. The lowest BCUT2D eigenvalue weighted by Gasteiger charge is -2.38. The molecule has 0 N–H and O–H groups in total. The highest BCUT2D eigenvalue weighted by atomic mass is 35.5. The number of carbonyl (C=O) groups excluding carboxylic acids is 3. The first-order valence-corrected chi connectivity index (χ1v) is 12.5. The lowest BCUT2D eigenvalue weighted by molar-refractivity contribution is -0.138. The van der Waals surface area contributed by atoms with E-state index in [9.17, 15) is 22.8 Å². The summed E-state index contributed by atoms with van der Waals surface area (Å²) in [6.07, 6.45) is 0. The molecule has 0 spiro atoms. The Labute approximate surface area is 197 Å². The van der Waals surface area contributed by atoms with Crippen LogP contribution in [0.5, 0.6) is 0 Å². The normalized spacial score (nSPS) is 18.1. The van der Waals surface area contributed by atoms with Gasteiger partial charge in [-0.25, -0.2) is 8.42 Å². The molecule has 2 heterocycles. The largest absolute Gasteiger partial charge is 0.338 e. The van der Waals surface area contributed by atoms with Gasteiger partial charge < -0.3 is 4.90 Å². The van der Waals surface area contributed by atoms with E-state index < -0.39 is 27.9 Å². The zero-order valence-corrected chi connectivity index (χ0v) is 19.8. The van der Waals surface area contributed by atoms with Crippen molar-refractivity contribution in [3.63, 3.8) is 0 Å². The van der Waals surface area contributed by atoms with Crippen molar-refractivity contribution in [2.45, 2.75) is 24.8 Å². The van der Waals surface area contributed by atoms with Gasteiger partial charge in [0.25, 0.3) is 11.8 Å². The Balaban J connectivity index is 1.51.